The molecular weight excluding hydrogens is 393 g/mol. The molecular formula is C13H13Cl5N2O2. The highest BCUT2D eigenvalue weighted by molar-refractivity contribution is 6.68. The molecule has 0 spiro atoms. The van der Waals surface area contributed by atoms with E-state index in [9.17, 15) is 4.79 Å². The first-order valence-electron chi connectivity index (χ1n) is 6.44. The first-order chi connectivity index (χ1) is 10.3. The number of carbonyl (C=O) groups is 1. The number of nitrogens with zero attached hydrogens (tertiary/aromatic N) is 1. The second kappa shape index (κ2) is 7.75. The van der Waals surface area contributed by atoms with E-state index < -0.39 is 15.9 Å². The Hall–Kier alpha value is 0.0600. The van der Waals surface area contributed by atoms with Crippen LogP contribution in [0.5, 0.6) is 0 Å². The summed E-state index contributed by atoms with van der Waals surface area (Å²) in [7, 11) is 0. The molecule has 1 N–H and O–H groups in total. The zero-order valence-corrected chi connectivity index (χ0v) is 15.1. The van der Waals surface area contributed by atoms with Crippen LogP contribution < -0.4 is 5.32 Å². The number of morpholine rings is 1. The Morgan fingerprint density at radius 1 is 1.18 bits per heavy atom. The fraction of sp³-hybridized carbons (Fsp3) is 0.462. The first kappa shape index (κ1) is 18.4. The topological polar surface area (TPSA) is 41.6 Å². The summed E-state index contributed by atoms with van der Waals surface area (Å²) in [5.41, 5.74) is 0.151. The second-order valence-electron chi connectivity index (χ2n) is 4.66. The molecule has 2 rings (SSSR count). The van der Waals surface area contributed by atoms with Gasteiger partial charge in [0.15, 0.2) is 0 Å². The fourth-order valence-electron chi connectivity index (χ4n) is 2.13. The van der Waals surface area contributed by atoms with Crippen LogP contribution in [0.25, 0.3) is 0 Å². The van der Waals surface area contributed by atoms with Gasteiger partial charge in [-0.25, -0.2) is 0 Å². The molecule has 1 heterocycles. The number of nitrogens with one attached hydrogen (secondary N) is 1. The van der Waals surface area contributed by atoms with E-state index in [1.807, 2.05) is 4.90 Å². The molecule has 1 saturated heterocycles. The second-order valence-corrected chi connectivity index (χ2v) is 7.85. The van der Waals surface area contributed by atoms with Gasteiger partial charge in [-0.3, -0.25) is 9.69 Å². The molecule has 1 atom stereocenters. The van der Waals surface area contributed by atoms with Crippen molar-refractivity contribution in [2.75, 3.05) is 26.3 Å². The SMILES string of the molecule is O=C(NC(N1CCOCC1)C(Cl)(Cl)Cl)c1c(Cl)cccc1Cl. The van der Waals surface area contributed by atoms with E-state index in [1.165, 1.54) is 0 Å². The summed E-state index contributed by atoms with van der Waals surface area (Å²) in [4.78, 5) is 14.3. The minimum atomic E-state index is -1.71. The lowest BCUT2D eigenvalue weighted by Gasteiger charge is -2.38. The number of rotatable bonds is 3. The van der Waals surface area contributed by atoms with Gasteiger partial charge in [0.2, 0.25) is 3.79 Å². The lowest BCUT2D eigenvalue weighted by atomic mass is 10.2. The van der Waals surface area contributed by atoms with Crippen LogP contribution >= 0.6 is 58.0 Å². The first-order valence-corrected chi connectivity index (χ1v) is 8.33. The van der Waals surface area contributed by atoms with Gasteiger partial charge in [-0.2, -0.15) is 0 Å². The number of hydrogen-bond donors (Lipinski definition) is 1. The van der Waals surface area contributed by atoms with Crippen molar-refractivity contribution in [1.29, 1.82) is 0 Å². The number of halogens is 5. The largest absolute Gasteiger partial charge is 0.379 e. The minimum Gasteiger partial charge on any atom is -0.379 e. The maximum absolute atomic E-state index is 12.5. The number of alkyl halides is 3. The lowest BCUT2D eigenvalue weighted by molar-refractivity contribution is 0.00996. The molecule has 0 aromatic heterocycles. The maximum Gasteiger partial charge on any atom is 0.255 e. The molecule has 0 saturated carbocycles. The van der Waals surface area contributed by atoms with Crippen molar-refractivity contribution >= 4 is 63.9 Å². The number of benzene rings is 1. The fourth-order valence-corrected chi connectivity index (χ4v) is 3.27. The molecule has 122 valence electrons. The molecule has 1 unspecified atom stereocenters. The molecule has 1 aliphatic rings. The van der Waals surface area contributed by atoms with Gasteiger partial charge < -0.3 is 10.1 Å². The van der Waals surface area contributed by atoms with Crippen LogP contribution in [-0.4, -0.2) is 47.1 Å². The van der Waals surface area contributed by atoms with E-state index >= 15 is 0 Å². The highest BCUT2D eigenvalue weighted by atomic mass is 35.6. The van der Waals surface area contributed by atoms with Gasteiger partial charge in [0, 0.05) is 13.1 Å². The smallest absolute Gasteiger partial charge is 0.255 e. The summed E-state index contributed by atoms with van der Waals surface area (Å²) >= 11 is 30.1. The van der Waals surface area contributed by atoms with Crippen molar-refractivity contribution < 1.29 is 9.53 Å². The van der Waals surface area contributed by atoms with E-state index in [1.54, 1.807) is 18.2 Å². The normalized spacial score (nSPS) is 18.0. The van der Waals surface area contributed by atoms with Crippen LogP contribution in [0.1, 0.15) is 10.4 Å². The molecule has 22 heavy (non-hydrogen) atoms. The molecule has 9 heteroatoms. The van der Waals surface area contributed by atoms with Crippen LogP contribution in [0.2, 0.25) is 10.0 Å². The van der Waals surface area contributed by atoms with Crippen LogP contribution in [0, 0.1) is 0 Å². The third-order valence-corrected chi connectivity index (χ3v) is 4.43. The van der Waals surface area contributed by atoms with Crippen LogP contribution in [0.4, 0.5) is 0 Å². The summed E-state index contributed by atoms with van der Waals surface area (Å²) in [6, 6.07) is 4.79. The van der Waals surface area contributed by atoms with Gasteiger partial charge in [-0.05, 0) is 12.1 Å². The third-order valence-electron chi connectivity index (χ3n) is 3.18. The van der Waals surface area contributed by atoms with Crippen molar-refractivity contribution in [2.24, 2.45) is 0 Å². The van der Waals surface area contributed by atoms with Gasteiger partial charge in [-0.1, -0.05) is 64.1 Å². The molecule has 1 amide bonds. The Kier molecular flexibility index (Phi) is 6.48. The van der Waals surface area contributed by atoms with E-state index in [4.69, 9.17) is 62.7 Å². The Morgan fingerprint density at radius 3 is 2.23 bits per heavy atom. The standard InChI is InChI=1S/C13H13Cl5N2O2/c14-8-2-1-3-9(15)10(8)11(21)19-12(13(16,17)18)20-4-6-22-7-5-20/h1-3,12H,4-7H2,(H,19,21). The zero-order chi connectivity index (χ0) is 16.3. The van der Waals surface area contributed by atoms with Gasteiger partial charge in [0.05, 0.1) is 28.8 Å². The predicted molar refractivity (Wildman–Crippen MR) is 90.4 cm³/mol. The Bertz CT molecular complexity index is 523. The van der Waals surface area contributed by atoms with Crippen molar-refractivity contribution in [3.05, 3.63) is 33.8 Å². The summed E-state index contributed by atoms with van der Waals surface area (Å²) in [5.74, 6) is -0.501. The molecule has 1 aromatic carbocycles. The monoisotopic (exact) mass is 404 g/mol. The van der Waals surface area contributed by atoms with Crippen molar-refractivity contribution in [1.82, 2.24) is 10.2 Å². The number of hydrogen-bond acceptors (Lipinski definition) is 3. The molecule has 1 fully saturated rings. The molecule has 4 nitrogen and oxygen atoms in total. The molecule has 0 radical (unpaired) electrons. The zero-order valence-electron chi connectivity index (χ0n) is 11.3. The Balaban J connectivity index is 2.21. The highest BCUT2D eigenvalue weighted by Gasteiger charge is 2.39. The van der Waals surface area contributed by atoms with E-state index in [0.717, 1.165) is 0 Å². The number of amides is 1. The van der Waals surface area contributed by atoms with E-state index in [0.29, 0.717) is 26.3 Å². The highest BCUT2D eigenvalue weighted by Crippen LogP contribution is 2.33. The molecule has 1 aliphatic heterocycles. The lowest BCUT2D eigenvalue weighted by Crippen LogP contribution is -2.58. The number of ether oxygens (including phenoxy) is 1. The molecule has 1 aromatic rings. The summed E-state index contributed by atoms with van der Waals surface area (Å²) in [5, 5.41) is 3.15. The average Bonchev–Trinajstić information content (AvgIpc) is 2.44. The third kappa shape index (κ3) is 4.54. The van der Waals surface area contributed by atoms with Gasteiger partial charge >= 0.3 is 0 Å². The predicted octanol–water partition coefficient (Wildman–Crippen LogP) is 3.75. The van der Waals surface area contributed by atoms with Crippen LogP contribution in [0.3, 0.4) is 0 Å². The van der Waals surface area contributed by atoms with Crippen molar-refractivity contribution in [3.63, 3.8) is 0 Å². The van der Waals surface area contributed by atoms with E-state index in [-0.39, 0.29) is 15.6 Å². The summed E-state index contributed by atoms with van der Waals surface area (Å²) in [6.07, 6.45) is -0.818. The maximum atomic E-state index is 12.5. The van der Waals surface area contributed by atoms with Crippen LogP contribution in [0.15, 0.2) is 18.2 Å². The summed E-state index contributed by atoms with van der Waals surface area (Å²) in [6.45, 7) is 2.07. The Labute approximate surface area is 153 Å². The summed E-state index contributed by atoms with van der Waals surface area (Å²) < 4.78 is 3.56. The van der Waals surface area contributed by atoms with Crippen molar-refractivity contribution in [2.45, 2.75) is 9.96 Å². The molecule has 0 bridgehead atoms. The number of carbonyl (C=O) groups excluding carboxylic acids is 1. The van der Waals surface area contributed by atoms with Gasteiger partial charge in [0.25, 0.3) is 5.91 Å². The van der Waals surface area contributed by atoms with Gasteiger partial charge in [0.1, 0.15) is 6.17 Å². The quantitative estimate of drug-likeness (QED) is 0.778. The van der Waals surface area contributed by atoms with E-state index in [2.05, 4.69) is 5.32 Å². The van der Waals surface area contributed by atoms with Gasteiger partial charge in [-0.15, -0.1) is 0 Å². The molecule has 0 aliphatic carbocycles. The average molecular weight is 407 g/mol. The van der Waals surface area contributed by atoms with Crippen molar-refractivity contribution in [3.8, 4) is 0 Å². The minimum absolute atomic E-state index is 0.151. The van der Waals surface area contributed by atoms with Crippen LogP contribution in [-0.2, 0) is 4.74 Å². The Morgan fingerprint density at radius 2 is 1.73 bits per heavy atom.